The van der Waals surface area contributed by atoms with Gasteiger partial charge in [0.15, 0.2) is 0 Å². The Morgan fingerprint density at radius 1 is 1.12 bits per heavy atom. The number of nitrogens with zero attached hydrogens (tertiary/aromatic N) is 1. The van der Waals surface area contributed by atoms with Crippen LogP contribution in [0.4, 0.5) is 0 Å². The molecular formula is C18H33NO4S. The fraction of sp³-hybridized carbons (Fsp3) is 0.944. The number of ether oxygens (including phenoxy) is 1. The maximum Gasteiger partial charge on any atom is 0.331 e. The van der Waals surface area contributed by atoms with E-state index >= 15 is 0 Å². The van der Waals surface area contributed by atoms with E-state index in [1.807, 2.05) is 0 Å². The minimum absolute atomic E-state index is 0.125. The summed E-state index contributed by atoms with van der Waals surface area (Å²) >= 11 is 0. The molecule has 0 bridgehead atoms. The summed E-state index contributed by atoms with van der Waals surface area (Å²) in [6.45, 7) is 4.46. The quantitative estimate of drug-likeness (QED) is 0.506. The highest BCUT2D eigenvalue weighted by molar-refractivity contribution is 7.87. The number of methoxy groups -OCH3 is 1. The summed E-state index contributed by atoms with van der Waals surface area (Å²) in [4.78, 5) is 0. The standard InChI is InChI=1S/C18H33NO4S/c1-4-14(2)15-9-11-17(12-10-15)24(20,21)23-19-13-16-7-5-6-8-18(16)22-3/h13-18H,4-12H2,1-3H3/b19-13+. The molecule has 2 fully saturated rings. The maximum atomic E-state index is 12.4. The molecule has 140 valence electrons. The van der Waals surface area contributed by atoms with E-state index in [9.17, 15) is 8.42 Å². The maximum absolute atomic E-state index is 12.4. The molecule has 0 saturated heterocycles. The first-order valence-electron chi connectivity index (χ1n) is 9.46. The van der Waals surface area contributed by atoms with E-state index in [-0.39, 0.29) is 12.0 Å². The average molecular weight is 360 g/mol. The first kappa shape index (κ1) is 19.7. The Morgan fingerprint density at radius 2 is 1.79 bits per heavy atom. The van der Waals surface area contributed by atoms with Crippen LogP contribution >= 0.6 is 0 Å². The zero-order valence-corrected chi connectivity index (χ0v) is 16.1. The van der Waals surface area contributed by atoms with Gasteiger partial charge < -0.3 is 4.74 Å². The van der Waals surface area contributed by atoms with Crippen molar-refractivity contribution in [2.75, 3.05) is 7.11 Å². The lowest BCUT2D eigenvalue weighted by Crippen LogP contribution is -2.30. The van der Waals surface area contributed by atoms with Crippen LogP contribution in [0.15, 0.2) is 5.16 Å². The minimum atomic E-state index is -3.60. The Bertz CT molecular complexity index is 497. The summed E-state index contributed by atoms with van der Waals surface area (Å²) in [6.07, 6.45) is 10.5. The van der Waals surface area contributed by atoms with Gasteiger partial charge in [0.2, 0.25) is 0 Å². The second-order valence-electron chi connectivity index (χ2n) is 7.47. The van der Waals surface area contributed by atoms with Crippen molar-refractivity contribution in [1.29, 1.82) is 0 Å². The fourth-order valence-electron chi connectivity index (χ4n) is 4.09. The second-order valence-corrected chi connectivity index (χ2v) is 9.27. The van der Waals surface area contributed by atoms with Gasteiger partial charge in [-0.2, -0.15) is 8.42 Å². The number of oxime groups is 1. The van der Waals surface area contributed by atoms with Crippen molar-refractivity contribution in [3.63, 3.8) is 0 Å². The molecule has 2 saturated carbocycles. The lowest BCUT2D eigenvalue weighted by Gasteiger charge is -2.30. The van der Waals surface area contributed by atoms with E-state index < -0.39 is 15.4 Å². The highest BCUT2D eigenvalue weighted by Crippen LogP contribution is 2.34. The predicted molar refractivity (Wildman–Crippen MR) is 96.5 cm³/mol. The molecule has 0 heterocycles. The molecule has 3 atom stereocenters. The number of hydrogen-bond donors (Lipinski definition) is 0. The van der Waals surface area contributed by atoms with Crippen LogP contribution in [-0.2, 0) is 19.1 Å². The third-order valence-electron chi connectivity index (χ3n) is 6.03. The molecule has 24 heavy (non-hydrogen) atoms. The smallest absolute Gasteiger partial charge is 0.331 e. The molecule has 0 aromatic heterocycles. The minimum Gasteiger partial charge on any atom is -0.381 e. The van der Waals surface area contributed by atoms with Gasteiger partial charge in [-0.25, -0.2) is 0 Å². The van der Waals surface area contributed by atoms with Crippen molar-refractivity contribution in [2.24, 2.45) is 22.9 Å². The zero-order valence-electron chi connectivity index (χ0n) is 15.3. The molecule has 2 aliphatic carbocycles. The average Bonchev–Trinajstić information content (AvgIpc) is 2.61. The van der Waals surface area contributed by atoms with Crippen molar-refractivity contribution in [3.05, 3.63) is 0 Å². The molecule has 0 spiro atoms. The molecule has 0 aromatic carbocycles. The second kappa shape index (κ2) is 9.18. The highest BCUT2D eigenvalue weighted by atomic mass is 32.2. The first-order valence-corrected chi connectivity index (χ1v) is 10.9. The monoisotopic (exact) mass is 359 g/mol. The van der Waals surface area contributed by atoms with E-state index in [1.54, 1.807) is 13.3 Å². The summed E-state index contributed by atoms with van der Waals surface area (Å²) in [7, 11) is -1.90. The Balaban J connectivity index is 1.84. The van der Waals surface area contributed by atoms with E-state index in [4.69, 9.17) is 9.02 Å². The molecule has 2 aliphatic rings. The highest BCUT2D eigenvalue weighted by Gasteiger charge is 2.34. The Morgan fingerprint density at radius 3 is 2.42 bits per heavy atom. The van der Waals surface area contributed by atoms with Crippen molar-refractivity contribution in [2.45, 2.75) is 83.0 Å². The SMILES string of the molecule is CCC(C)C1CCC(S(=O)(=O)O/N=C/C2CCCCC2OC)CC1. The van der Waals surface area contributed by atoms with E-state index in [2.05, 4.69) is 19.0 Å². The molecule has 0 aromatic rings. The normalized spacial score (nSPS) is 33.5. The van der Waals surface area contributed by atoms with Gasteiger partial charge in [0.1, 0.15) is 0 Å². The van der Waals surface area contributed by atoms with Gasteiger partial charge in [-0.05, 0) is 50.4 Å². The van der Waals surface area contributed by atoms with Gasteiger partial charge in [0, 0.05) is 13.0 Å². The summed E-state index contributed by atoms with van der Waals surface area (Å²) in [6, 6.07) is 0. The van der Waals surface area contributed by atoms with Crippen LogP contribution in [0.25, 0.3) is 0 Å². The fourth-order valence-corrected chi connectivity index (χ4v) is 5.23. The summed E-state index contributed by atoms with van der Waals surface area (Å²) in [5.74, 6) is 1.47. The third-order valence-corrected chi connectivity index (χ3v) is 7.61. The Kier molecular flexibility index (Phi) is 7.54. The van der Waals surface area contributed by atoms with Gasteiger partial charge >= 0.3 is 10.1 Å². The molecule has 6 heteroatoms. The van der Waals surface area contributed by atoms with Crippen LogP contribution in [0.5, 0.6) is 0 Å². The van der Waals surface area contributed by atoms with E-state index in [1.165, 1.54) is 0 Å². The van der Waals surface area contributed by atoms with Gasteiger partial charge in [0.25, 0.3) is 0 Å². The van der Waals surface area contributed by atoms with Crippen LogP contribution in [-0.4, -0.2) is 33.1 Å². The van der Waals surface area contributed by atoms with Gasteiger partial charge in [0.05, 0.1) is 17.6 Å². The van der Waals surface area contributed by atoms with Crippen molar-refractivity contribution >= 4 is 16.3 Å². The van der Waals surface area contributed by atoms with Crippen LogP contribution in [0.2, 0.25) is 0 Å². The third kappa shape index (κ3) is 5.19. The summed E-state index contributed by atoms with van der Waals surface area (Å²) in [5.41, 5.74) is 0. The van der Waals surface area contributed by atoms with Crippen LogP contribution in [0.3, 0.4) is 0 Å². The van der Waals surface area contributed by atoms with Gasteiger partial charge in [-0.1, -0.05) is 38.3 Å². The van der Waals surface area contributed by atoms with Gasteiger partial charge in [-0.3, -0.25) is 4.28 Å². The Labute approximate surface area is 147 Å². The number of rotatable bonds is 7. The lowest BCUT2D eigenvalue weighted by atomic mass is 9.80. The molecule has 2 rings (SSSR count). The van der Waals surface area contributed by atoms with Crippen LogP contribution in [0.1, 0.15) is 71.6 Å². The molecular weight excluding hydrogens is 326 g/mol. The topological polar surface area (TPSA) is 65.0 Å². The summed E-state index contributed by atoms with van der Waals surface area (Å²) < 4.78 is 35.1. The number of hydrogen-bond acceptors (Lipinski definition) is 5. The molecule has 3 unspecified atom stereocenters. The first-order chi connectivity index (χ1) is 11.5. The van der Waals surface area contributed by atoms with Crippen LogP contribution < -0.4 is 0 Å². The molecule has 0 aliphatic heterocycles. The van der Waals surface area contributed by atoms with Crippen molar-refractivity contribution in [3.8, 4) is 0 Å². The lowest BCUT2D eigenvalue weighted by molar-refractivity contribution is 0.0490. The van der Waals surface area contributed by atoms with E-state index in [0.717, 1.165) is 44.9 Å². The van der Waals surface area contributed by atoms with Crippen molar-refractivity contribution < 1.29 is 17.4 Å². The van der Waals surface area contributed by atoms with Crippen LogP contribution in [0, 0.1) is 17.8 Å². The molecule has 5 nitrogen and oxygen atoms in total. The van der Waals surface area contributed by atoms with E-state index in [0.29, 0.717) is 24.7 Å². The molecule has 0 radical (unpaired) electrons. The largest absolute Gasteiger partial charge is 0.381 e. The predicted octanol–water partition coefficient (Wildman–Crippen LogP) is 4.13. The van der Waals surface area contributed by atoms with Crippen molar-refractivity contribution in [1.82, 2.24) is 0 Å². The zero-order chi connectivity index (χ0) is 17.6. The molecule has 0 N–H and O–H groups in total. The summed E-state index contributed by atoms with van der Waals surface area (Å²) in [5, 5.41) is 3.41. The Hall–Kier alpha value is -0.620. The molecule has 0 amide bonds. The van der Waals surface area contributed by atoms with Gasteiger partial charge in [-0.15, -0.1) is 0 Å².